The first-order valence-corrected chi connectivity index (χ1v) is 8.71. The molecule has 2 unspecified atom stereocenters. The van der Waals surface area contributed by atoms with E-state index in [0.717, 1.165) is 0 Å². The van der Waals surface area contributed by atoms with E-state index in [2.05, 4.69) is 13.2 Å². The lowest BCUT2D eigenvalue weighted by Gasteiger charge is -2.31. The van der Waals surface area contributed by atoms with Crippen molar-refractivity contribution in [3.8, 4) is 11.5 Å². The topological polar surface area (TPSA) is 68.2 Å². The van der Waals surface area contributed by atoms with Gasteiger partial charge in [0.2, 0.25) is 11.6 Å². The van der Waals surface area contributed by atoms with Crippen LogP contribution in [-0.4, -0.2) is 35.0 Å². The normalized spacial score (nSPS) is 15.2. The average Bonchev–Trinajstić information content (AvgIpc) is 2.63. The Balaban J connectivity index is 1.99. The van der Waals surface area contributed by atoms with Gasteiger partial charge in [0.1, 0.15) is 24.7 Å². The number of para-hydroxylation sites is 2. The lowest BCUT2D eigenvalue weighted by Crippen LogP contribution is -2.45. The Kier molecular flexibility index (Phi) is 7.61. The number of hydrogen-bond acceptors (Lipinski definition) is 5. The molecule has 0 radical (unpaired) electrons. The summed E-state index contributed by atoms with van der Waals surface area (Å²) in [4.78, 5) is 0. The summed E-state index contributed by atoms with van der Waals surface area (Å²) in [5.41, 5.74) is 0. The van der Waals surface area contributed by atoms with Crippen molar-refractivity contribution in [2.75, 3.05) is 13.2 Å². The molecule has 0 heterocycles. The third-order valence-electron chi connectivity index (χ3n) is 3.68. The van der Waals surface area contributed by atoms with Crippen LogP contribution in [0.3, 0.4) is 0 Å². The van der Waals surface area contributed by atoms with Gasteiger partial charge in [-0.15, -0.1) is 13.2 Å². The molecule has 0 fully saturated rings. The van der Waals surface area contributed by atoms with Crippen molar-refractivity contribution in [3.63, 3.8) is 0 Å². The molecule has 27 heavy (non-hydrogen) atoms. The van der Waals surface area contributed by atoms with Crippen LogP contribution in [0.1, 0.15) is 12.8 Å². The quantitative estimate of drug-likeness (QED) is 0.441. The standard InChI is InChI=1S/C22H26O5/c1-3-15-21(23,26-19-11-7-5-8-12-19)17-25-18-22(24,16-4-2)27-20-13-9-6-10-14-20/h3-14,23-24H,1-2,15-18H2. The zero-order chi connectivity index (χ0) is 19.6. The van der Waals surface area contributed by atoms with Gasteiger partial charge in [-0.3, -0.25) is 0 Å². The Hall–Kier alpha value is -2.60. The van der Waals surface area contributed by atoms with E-state index in [1.54, 1.807) is 60.7 Å². The fraction of sp³-hybridized carbons (Fsp3) is 0.273. The second-order valence-corrected chi connectivity index (χ2v) is 6.20. The monoisotopic (exact) mass is 370 g/mol. The van der Waals surface area contributed by atoms with E-state index >= 15 is 0 Å². The van der Waals surface area contributed by atoms with E-state index in [1.165, 1.54) is 0 Å². The summed E-state index contributed by atoms with van der Waals surface area (Å²) >= 11 is 0. The Labute approximate surface area is 160 Å². The second-order valence-electron chi connectivity index (χ2n) is 6.20. The molecular weight excluding hydrogens is 344 g/mol. The molecule has 2 aromatic rings. The highest BCUT2D eigenvalue weighted by atomic mass is 16.7. The largest absolute Gasteiger partial charge is 0.460 e. The molecule has 0 saturated heterocycles. The molecule has 0 aliphatic rings. The number of ether oxygens (including phenoxy) is 3. The van der Waals surface area contributed by atoms with Crippen LogP contribution >= 0.6 is 0 Å². The summed E-state index contributed by atoms with van der Waals surface area (Å²) in [6, 6.07) is 17.9. The number of rotatable bonds is 12. The van der Waals surface area contributed by atoms with Gasteiger partial charge in [0.15, 0.2) is 0 Å². The molecule has 5 heteroatoms. The fourth-order valence-electron chi connectivity index (χ4n) is 2.50. The minimum atomic E-state index is -1.61. The van der Waals surface area contributed by atoms with Crippen molar-refractivity contribution in [3.05, 3.63) is 86.0 Å². The second kappa shape index (κ2) is 9.92. The molecule has 2 rings (SSSR count). The van der Waals surface area contributed by atoms with Gasteiger partial charge < -0.3 is 24.4 Å². The van der Waals surface area contributed by atoms with Gasteiger partial charge in [0.25, 0.3) is 0 Å². The summed E-state index contributed by atoms with van der Waals surface area (Å²) in [5, 5.41) is 21.4. The minimum Gasteiger partial charge on any atom is -0.460 e. The third-order valence-corrected chi connectivity index (χ3v) is 3.68. The minimum absolute atomic E-state index is 0.154. The first kappa shape index (κ1) is 20.7. The van der Waals surface area contributed by atoms with E-state index in [0.29, 0.717) is 11.5 Å². The third kappa shape index (κ3) is 6.90. The van der Waals surface area contributed by atoms with Crippen molar-refractivity contribution in [2.24, 2.45) is 0 Å². The highest BCUT2D eigenvalue weighted by molar-refractivity contribution is 5.22. The van der Waals surface area contributed by atoms with E-state index in [-0.39, 0.29) is 26.1 Å². The first-order chi connectivity index (χ1) is 13.0. The molecule has 0 amide bonds. The first-order valence-electron chi connectivity index (χ1n) is 8.71. The smallest absolute Gasteiger partial charge is 0.235 e. The van der Waals surface area contributed by atoms with Crippen LogP contribution < -0.4 is 9.47 Å². The predicted molar refractivity (Wildman–Crippen MR) is 104 cm³/mol. The molecule has 0 spiro atoms. The summed E-state index contributed by atoms with van der Waals surface area (Å²) in [6.07, 6.45) is 3.40. The molecule has 0 aromatic heterocycles. The average molecular weight is 370 g/mol. The van der Waals surface area contributed by atoms with Crippen LogP contribution in [0.4, 0.5) is 0 Å². The van der Waals surface area contributed by atoms with Gasteiger partial charge in [-0.25, -0.2) is 0 Å². The van der Waals surface area contributed by atoms with E-state index in [1.807, 2.05) is 12.1 Å². The van der Waals surface area contributed by atoms with Gasteiger partial charge >= 0.3 is 0 Å². The maximum Gasteiger partial charge on any atom is 0.235 e. The van der Waals surface area contributed by atoms with Gasteiger partial charge in [0, 0.05) is 12.8 Å². The maximum atomic E-state index is 10.7. The summed E-state index contributed by atoms with van der Waals surface area (Å²) in [5.74, 6) is -2.20. The molecule has 0 aliphatic heterocycles. The van der Waals surface area contributed by atoms with E-state index in [4.69, 9.17) is 14.2 Å². The molecule has 0 saturated carbocycles. The predicted octanol–water partition coefficient (Wildman–Crippen LogP) is 3.69. The van der Waals surface area contributed by atoms with Gasteiger partial charge in [0.05, 0.1) is 0 Å². The SMILES string of the molecule is C=CCC(O)(COCC(O)(CC=C)Oc1ccccc1)Oc1ccccc1. The molecular formula is C22H26O5. The molecule has 0 aliphatic carbocycles. The van der Waals surface area contributed by atoms with Crippen molar-refractivity contribution >= 4 is 0 Å². The fourth-order valence-corrected chi connectivity index (χ4v) is 2.50. The molecule has 0 bridgehead atoms. The Morgan fingerprint density at radius 3 is 1.41 bits per heavy atom. The van der Waals surface area contributed by atoms with Crippen molar-refractivity contribution in [2.45, 2.75) is 24.4 Å². The van der Waals surface area contributed by atoms with Crippen molar-refractivity contribution in [1.82, 2.24) is 0 Å². The molecule has 2 aromatic carbocycles. The lowest BCUT2D eigenvalue weighted by molar-refractivity contribution is -0.217. The van der Waals surface area contributed by atoms with Crippen LogP contribution in [0.5, 0.6) is 11.5 Å². The maximum absolute atomic E-state index is 10.7. The number of aliphatic hydroxyl groups is 2. The van der Waals surface area contributed by atoms with E-state index < -0.39 is 11.6 Å². The zero-order valence-corrected chi connectivity index (χ0v) is 15.3. The molecule has 5 nitrogen and oxygen atoms in total. The summed E-state index contributed by atoms with van der Waals surface area (Å²) < 4.78 is 16.9. The lowest BCUT2D eigenvalue weighted by atomic mass is 10.2. The summed E-state index contributed by atoms with van der Waals surface area (Å²) in [6.45, 7) is 6.94. The van der Waals surface area contributed by atoms with Gasteiger partial charge in [-0.2, -0.15) is 0 Å². The van der Waals surface area contributed by atoms with Crippen LogP contribution in [0, 0.1) is 0 Å². The van der Waals surface area contributed by atoms with Crippen LogP contribution in [-0.2, 0) is 4.74 Å². The Morgan fingerprint density at radius 1 is 0.704 bits per heavy atom. The highest BCUT2D eigenvalue weighted by Gasteiger charge is 2.33. The van der Waals surface area contributed by atoms with Gasteiger partial charge in [-0.1, -0.05) is 48.6 Å². The molecule has 2 N–H and O–H groups in total. The van der Waals surface area contributed by atoms with Crippen LogP contribution in [0.25, 0.3) is 0 Å². The number of benzene rings is 2. The number of hydrogen-bond donors (Lipinski definition) is 2. The Morgan fingerprint density at radius 2 is 1.07 bits per heavy atom. The van der Waals surface area contributed by atoms with Crippen molar-refractivity contribution in [1.29, 1.82) is 0 Å². The zero-order valence-electron chi connectivity index (χ0n) is 15.3. The molecule has 2 atom stereocenters. The van der Waals surface area contributed by atoms with Crippen LogP contribution in [0.15, 0.2) is 86.0 Å². The van der Waals surface area contributed by atoms with Gasteiger partial charge in [-0.05, 0) is 24.3 Å². The molecule has 144 valence electrons. The Bertz CT molecular complexity index is 642. The van der Waals surface area contributed by atoms with Crippen LogP contribution in [0.2, 0.25) is 0 Å². The highest BCUT2D eigenvalue weighted by Crippen LogP contribution is 2.23. The summed E-state index contributed by atoms with van der Waals surface area (Å²) in [7, 11) is 0. The van der Waals surface area contributed by atoms with Crippen molar-refractivity contribution < 1.29 is 24.4 Å². The van der Waals surface area contributed by atoms with E-state index in [9.17, 15) is 10.2 Å².